The van der Waals surface area contributed by atoms with Gasteiger partial charge in [-0.3, -0.25) is 0 Å². The van der Waals surface area contributed by atoms with Crippen LogP contribution in [0.2, 0.25) is 0 Å². The molecule has 5 nitrogen and oxygen atoms in total. The summed E-state index contributed by atoms with van der Waals surface area (Å²) in [5.41, 5.74) is 0. The standard InChI is InChI=1S/C3H6O3.CO2/c1-2(4)3(5)6;2-1-3/h2,4H,1H3,(H,5,6);/p-1. The summed E-state index contributed by atoms with van der Waals surface area (Å²) in [6.45, 7) is 1.13. The number of aliphatic carboxylic acids is 1. The fourth-order valence-electron chi connectivity index (χ4n) is 0. The van der Waals surface area contributed by atoms with Gasteiger partial charge in [0.15, 0.2) is 0 Å². The fraction of sp³-hybridized carbons (Fsp3) is 0.500. The van der Waals surface area contributed by atoms with Crippen LogP contribution in [0.25, 0.3) is 0 Å². The molecule has 5 heteroatoms. The Balaban J connectivity index is 0. The van der Waals surface area contributed by atoms with Gasteiger partial charge in [0.2, 0.25) is 0 Å². The summed E-state index contributed by atoms with van der Waals surface area (Å²) in [5, 5.41) is 17.3. The largest absolute Gasteiger partial charge is 0.547 e. The molecule has 0 heterocycles. The zero-order chi connectivity index (χ0) is 7.86. The monoisotopic (exact) mass is 133 g/mol. The summed E-state index contributed by atoms with van der Waals surface area (Å²) in [6, 6.07) is 0. The van der Waals surface area contributed by atoms with Crippen LogP contribution in [0.5, 0.6) is 0 Å². The van der Waals surface area contributed by atoms with Gasteiger partial charge in [-0.1, -0.05) is 0 Å². The topological polar surface area (TPSA) is 94.5 Å². The molecule has 1 atom stereocenters. The van der Waals surface area contributed by atoms with Crippen LogP contribution in [0, 0.1) is 0 Å². The molecule has 0 saturated carbocycles. The number of hydrogen-bond donors (Lipinski definition) is 1. The van der Waals surface area contributed by atoms with Crippen LogP contribution in [0.3, 0.4) is 0 Å². The van der Waals surface area contributed by atoms with Crippen molar-refractivity contribution in [2.75, 3.05) is 0 Å². The molecule has 0 aromatic rings. The van der Waals surface area contributed by atoms with E-state index in [0.29, 0.717) is 0 Å². The molecule has 0 rings (SSSR count). The third-order valence-electron chi connectivity index (χ3n) is 0.341. The van der Waals surface area contributed by atoms with Gasteiger partial charge in [-0.25, -0.2) is 0 Å². The van der Waals surface area contributed by atoms with Gasteiger partial charge >= 0.3 is 6.15 Å². The van der Waals surface area contributed by atoms with Crippen LogP contribution in [-0.2, 0) is 14.4 Å². The van der Waals surface area contributed by atoms with Crippen molar-refractivity contribution in [3.63, 3.8) is 0 Å². The van der Waals surface area contributed by atoms with Crippen molar-refractivity contribution in [1.29, 1.82) is 0 Å². The van der Waals surface area contributed by atoms with Crippen molar-refractivity contribution < 1.29 is 24.6 Å². The van der Waals surface area contributed by atoms with Crippen LogP contribution in [0.4, 0.5) is 0 Å². The number of carboxylic acids is 1. The molecule has 0 amide bonds. The zero-order valence-corrected chi connectivity index (χ0v) is 4.66. The van der Waals surface area contributed by atoms with E-state index in [1.54, 1.807) is 0 Å². The van der Waals surface area contributed by atoms with Gasteiger partial charge in [-0.15, -0.1) is 0 Å². The van der Waals surface area contributed by atoms with E-state index in [-0.39, 0.29) is 6.15 Å². The van der Waals surface area contributed by atoms with Crippen molar-refractivity contribution in [3.8, 4) is 0 Å². The zero-order valence-electron chi connectivity index (χ0n) is 4.66. The Morgan fingerprint density at radius 2 is 1.78 bits per heavy atom. The van der Waals surface area contributed by atoms with Crippen molar-refractivity contribution in [3.05, 3.63) is 0 Å². The second-order valence-corrected chi connectivity index (χ2v) is 1.08. The molecule has 9 heavy (non-hydrogen) atoms. The van der Waals surface area contributed by atoms with Gasteiger partial charge in [-0.2, -0.15) is 9.59 Å². The maximum Gasteiger partial charge on any atom is 0.373 e. The summed E-state index contributed by atoms with van der Waals surface area (Å²) in [7, 11) is 0. The van der Waals surface area contributed by atoms with Crippen LogP contribution < -0.4 is 5.11 Å². The molecule has 52 valence electrons. The highest BCUT2D eigenvalue weighted by atomic mass is 16.4. The van der Waals surface area contributed by atoms with Crippen molar-refractivity contribution in [1.82, 2.24) is 0 Å². The van der Waals surface area contributed by atoms with Crippen LogP contribution in [0.15, 0.2) is 0 Å². The van der Waals surface area contributed by atoms with Crippen molar-refractivity contribution >= 4 is 12.1 Å². The highest BCUT2D eigenvalue weighted by Gasteiger charge is 1.89. The highest BCUT2D eigenvalue weighted by molar-refractivity contribution is 5.68. The Kier molecular flexibility index (Phi) is 8.12. The number of hydrogen-bond acceptors (Lipinski definition) is 5. The van der Waals surface area contributed by atoms with Crippen LogP contribution in [0.1, 0.15) is 6.92 Å². The maximum atomic E-state index is 9.34. The molecule has 0 radical (unpaired) electrons. The summed E-state index contributed by atoms with van der Waals surface area (Å²) in [5.74, 6) is -1.44. The Hall–Kier alpha value is -1.19. The predicted molar refractivity (Wildman–Crippen MR) is 21.7 cm³/mol. The number of carbonyl (C=O) groups is 1. The molecular weight excluding hydrogens is 128 g/mol. The molecule has 0 bridgehead atoms. The quantitative estimate of drug-likeness (QED) is 0.427. The molecule has 1 unspecified atom stereocenters. The normalized spacial score (nSPS) is 10.0. The van der Waals surface area contributed by atoms with E-state index < -0.39 is 12.1 Å². The lowest BCUT2D eigenvalue weighted by atomic mass is 10.4. The first-order chi connectivity index (χ1) is 4.06. The minimum absolute atomic E-state index is 0.250. The van der Waals surface area contributed by atoms with Crippen molar-refractivity contribution in [2.45, 2.75) is 13.0 Å². The van der Waals surface area contributed by atoms with Crippen LogP contribution >= 0.6 is 0 Å². The molecule has 0 aliphatic heterocycles. The van der Waals surface area contributed by atoms with Gasteiger partial charge in [-0.05, 0) is 6.92 Å². The summed E-state index contributed by atoms with van der Waals surface area (Å²) in [6.07, 6.45) is -1.09. The smallest absolute Gasteiger partial charge is 0.373 e. The highest BCUT2D eigenvalue weighted by Crippen LogP contribution is 1.69. The van der Waals surface area contributed by atoms with E-state index in [2.05, 4.69) is 0 Å². The van der Waals surface area contributed by atoms with E-state index >= 15 is 0 Å². The maximum absolute atomic E-state index is 9.34. The number of aliphatic hydroxyl groups excluding tert-OH is 1. The minimum atomic E-state index is -1.44. The second-order valence-electron chi connectivity index (χ2n) is 1.08. The van der Waals surface area contributed by atoms with Gasteiger partial charge in [0.1, 0.15) is 0 Å². The van der Waals surface area contributed by atoms with Gasteiger partial charge in [0, 0.05) is 0 Å². The Labute approximate surface area is 50.9 Å². The third-order valence-corrected chi connectivity index (χ3v) is 0.341. The lowest BCUT2D eigenvalue weighted by Crippen LogP contribution is -2.32. The lowest BCUT2D eigenvalue weighted by molar-refractivity contribution is -0.314. The molecule has 0 aromatic heterocycles. The number of rotatable bonds is 1. The average molecular weight is 133 g/mol. The predicted octanol–water partition coefficient (Wildman–Crippen LogP) is -2.47. The Morgan fingerprint density at radius 3 is 1.78 bits per heavy atom. The van der Waals surface area contributed by atoms with E-state index in [9.17, 15) is 9.90 Å². The first-order valence-electron chi connectivity index (χ1n) is 1.94. The van der Waals surface area contributed by atoms with Crippen molar-refractivity contribution in [2.24, 2.45) is 0 Å². The van der Waals surface area contributed by atoms with Gasteiger partial charge < -0.3 is 15.0 Å². The number of carboxylic acid groups (broad SMARTS) is 1. The Morgan fingerprint density at radius 1 is 1.67 bits per heavy atom. The summed E-state index contributed by atoms with van der Waals surface area (Å²) in [4.78, 5) is 25.6. The molecular formula is C4H5O5-. The number of carbonyl (C=O) groups excluding carboxylic acids is 3. The summed E-state index contributed by atoms with van der Waals surface area (Å²) >= 11 is 0. The van der Waals surface area contributed by atoms with Gasteiger partial charge in [0.25, 0.3) is 0 Å². The van der Waals surface area contributed by atoms with E-state index in [0.717, 1.165) is 6.92 Å². The van der Waals surface area contributed by atoms with E-state index in [1.807, 2.05) is 0 Å². The van der Waals surface area contributed by atoms with E-state index in [1.165, 1.54) is 0 Å². The first kappa shape index (κ1) is 10.7. The lowest BCUT2D eigenvalue weighted by Gasteiger charge is -2.00. The molecule has 0 aromatic carbocycles. The molecule has 0 fully saturated rings. The molecule has 1 N–H and O–H groups in total. The molecule has 0 aliphatic carbocycles. The first-order valence-corrected chi connectivity index (χ1v) is 1.94. The Bertz CT molecular complexity index is 110. The molecule has 0 aliphatic rings. The van der Waals surface area contributed by atoms with Gasteiger partial charge in [0.05, 0.1) is 12.1 Å². The third kappa shape index (κ3) is 20.0. The van der Waals surface area contributed by atoms with Crippen LogP contribution in [-0.4, -0.2) is 23.3 Å². The number of aliphatic hydroxyl groups is 1. The SMILES string of the molecule is CC(O)C(=O)[O-].O=C=O. The minimum Gasteiger partial charge on any atom is -0.547 e. The fourth-order valence-corrected chi connectivity index (χ4v) is 0. The molecule has 0 saturated heterocycles. The second kappa shape index (κ2) is 6.81. The van der Waals surface area contributed by atoms with E-state index in [4.69, 9.17) is 14.7 Å². The summed E-state index contributed by atoms with van der Waals surface area (Å²) < 4.78 is 0. The molecule has 0 spiro atoms. The average Bonchev–Trinajstić information content (AvgIpc) is 1.68.